The van der Waals surface area contributed by atoms with Gasteiger partial charge in [0.15, 0.2) is 0 Å². The normalized spacial score (nSPS) is 18.5. The fourth-order valence-electron chi connectivity index (χ4n) is 3.27. The second-order valence-corrected chi connectivity index (χ2v) is 6.04. The smallest absolute Gasteiger partial charge is 0.00896 e. The Balaban J connectivity index is 2.00. The third-order valence-corrected chi connectivity index (χ3v) is 4.45. The zero-order valence-corrected chi connectivity index (χ0v) is 12.4. The van der Waals surface area contributed by atoms with Gasteiger partial charge in [0.2, 0.25) is 0 Å². The number of aryl methyl sites for hydroxylation is 3. The molecular weight excluding hydrogens is 240 g/mol. The molecule has 0 heteroatoms. The molecule has 0 aliphatic heterocycles. The molecule has 0 spiro atoms. The third kappa shape index (κ3) is 2.43. The maximum atomic E-state index is 4.43. The fourth-order valence-corrected chi connectivity index (χ4v) is 3.27. The van der Waals surface area contributed by atoms with Crippen LogP contribution in [0.15, 0.2) is 49.0 Å². The van der Waals surface area contributed by atoms with Crippen molar-refractivity contribution in [3.63, 3.8) is 0 Å². The Labute approximate surface area is 122 Å². The van der Waals surface area contributed by atoms with Gasteiger partial charge >= 0.3 is 0 Å². The molecule has 0 amide bonds. The highest BCUT2D eigenvalue weighted by Crippen LogP contribution is 2.39. The monoisotopic (exact) mass is 262 g/mol. The van der Waals surface area contributed by atoms with Crippen molar-refractivity contribution >= 4 is 5.57 Å². The number of rotatable bonds is 1. The van der Waals surface area contributed by atoms with Crippen LogP contribution >= 0.6 is 0 Å². The van der Waals surface area contributed by atoms with Gasteiger partial charge in [-0.15, -0.1) is 0 Å². The van der Waals surface area contributed by atoms with Gasteiger partial charge in [-0.2, -0.15) is 0 Å². The van der Waals surface area contributed by atoms with Gasteiger partial charge in [0.25, 0.3) is 0 Å². The second kappa shape index (κ2) is 5.28. The molecule has 0 N–H and O–H groups in total. The lowest BCUT2D eigenvalue weighted by Crippen LogP contribution is -2.00. The Kier molecular flexibility index (Phi) is 3.48. The average molecular weight is 262 g/mol. The number of hydrogen-bond donors (Lipinski definition) is 0. The van der Waals surface area contributed by atoms with Crippen molar-refractivity contribution in [1.29, 1.82) is 0 Å². The Bertz CT molecular complexity index is 632. The van der Waals surface area contributed by atoms with Crippen molar-refractivity contribution in [2.24, 2.45) is 0 Å². The first kappa shape index (κ1) is 13.2. The summed E-state index contributed by atoms with van der Waals surface area (Å²) in [5.74, 6) is 0.472. The molecule has 0 fully saturated rings. The van der Waals surface area contributed by atoms with Crippen LogP contribution in [0.5, 0.6) is 0 Å². The SMILES string of the molecule is C=C1c2ccc(C)cc2CCCC1c1ccc(C)cc1. The summed E-state index contributed by atoms with van der Waals surface area (Å²) in [4.78, 5) is 0. The summed E-state index contributed by atoms with van der Waals surface area (Å²) < 4.78 is 0. The summed E-state index contributed by atoms with van der Waals surface area (Å²) in [7, 11) is 0. The molecule has 2 aromatic rings. The van der Waals surface area contributed by atoms with Gasteiger partial charge in [0, 0.05) is 5.92 Å². The standard InChI is InChI=1S/C20H22/c1-14-7-10-17(11-8-14)19-6-4-5-18-13-15(2)9-12-20(18)16(19)3/h7-13,19H,3-6H2,1-2H3. The van der Waals surface area contributed by atoms with Crippen LogP contribution in [0.3, 0.4) is 0 Å². The molecule has 0 saturated heterocycles. The first-order valence-electron chi connectivity index (χ1n) is 7.50. The molecule has 0 bridgehead atoms. The van der Waals surface area contributed by atoms with E-state index in [2.05, 4.69) is 62.9 Å². The minimum Gasteiger partial charge on any atom is -0.0946 e. The summed E-state index contributed by atoms with van der Waals surface area (Å²) in [6.07, 6.45) is 3.63. The topological polar surface area (TPSA) is 0 Å². The molecule has 1 atom stereocenters. The van der Waals surface area contributed by atoms with E-state index in [0.717, 1.165) is 0 Å². The highest BCUT2D eigenvalue weighted by molar-refractivity contribution is 5.73. The van der Waals surface area contributed by atoms with E-state index >= 15 is 0 Å². The van der Waals surface area contributed by atoms with Gasteiger partial charge in [0.05, 0.1) is 0 Å². The minimum atomic E-state index is 0.472. The van der Waals surface area contributed by atoms with Crippen LogP contribution < -0.4 is 0 Å². The Morgan fingerprint density at radius 2 is 1.65 bits per heavy atom. The summed E-state index contributed by atoms with van der Waals surface area (Å²) in [6, 6.07) is 15.8. The Hall–Kier alpha value is -1.82. The van der Waals surface area contributed by atoms with E-state index in [0.29, 0.717) is 5.92 Å². The van der Waals surface area contributed by atoms with Crippen LogP contribution in [-0.4, -0.2) is 0 Å². The molecule has 3 rings (SSSR count). The lowest BCUT2D eigenvalue weighted by atomic mass is 9.85. The van der Waals surface area contributed by atoms with Crippen LogP contribution in [0.4, 0.5) is 0 Å². The maximum absolute atomic E-state index is 4.43. The van der Waals surface area contributed by atoms with Gasteiger partial charge in [-0.3, -0.25) is 0 Å². The molecule has 0 heterocycles. The summed E-state index contributed by atoms with van der Waals surface area (Å²) >= 11 is 0. The van der Waals surface area contributed by atoms with E-state index in [1.165, 1.54) is 52.7 Å². The molecule has 0 saturated carbocycles. The first-order chi connectivity index (χ1) is 9.65. The van der Waals surface area contributed by atoms with Gasteiger partial charge in [0.1, 0.15) is 0 Å². The predicted molar refractivity (Wildman–Crippen MR) is 87.1 cm³/mol. The Morgan fingerprint density at radius 1 is 0.950 bits per heavy atom. The molecule has 2 aromatic carbocycles. The molecule has 20 heavy (non-hydrogen) atoms. The van der Waals surface area contributed by atoms with E-state index in [9.17, 15) is 0 Å². The van der Waals surface area contributed by atoms with Crippen molar-refractivity contribution in [2.45, 2.75) is 39.0 Å². The number of benzene rings is 2. The summed E-state index contributed by atoms with van der Waals surface area (Å²) in [5, 5.41) is 0. The predicted octanol–water partition coefficient (Wildman–Crippen LogP) is 5.44. The molecule has 1 aliphatic rings. The molecule has 102 valence electrons. The van der Waals surface area contributed by atoms with Crippen molar-refractivity contribution in [3.05, 3.63) is 76.9 Å². The van der Waals surface area contributed by atoms with Crippen molar-refractivity contribution in [1.82, 2.24) is 0 Å². The van der Waals surface area contributed by atoms with Gasteiger partial charge in [-0.1, -0.05) is 60.2 Å². The van der Waals surface area contributed by atoms with Gasteiger partial charge in [-0.05, 0) is 55.4 Å². The Morgan fingerprint density at radius 3 is 2.40 bits per heavy atom. The van der Waals surface area contributed by atoms with E-state index in [4.69, 9.17) is 0 Å². The van der Waals surface area contributed by atoms with E-state index in [1.54, 1.807) is 0 Å². The van der Waals surface area contributed by atoms with Crippen LogP contribution in [0.1, 0.15) is 46.6 Å². The zero-order chi connectivity index (χ0) is 14.1. The van der Waals surface area contributed by atoms with E-state index in [1.807, 2.05) is 0 Å². The fraction of sp³-hybridized carbons (Fsp3) is 0.300. The minimum absolute atomic E-state index is 0.472. The molecule has 0 radical (unpaired) electrons. The van der Waals surface area contributed by atoms with E-state index < -0.39 is 0 Å². The molecule has 0 aromatic heterocycles. The average Bonchev–Trinajstić information content (AvgIpc) is 2.59. The lowest BCUT2D eigenvalue weighted by Gasteiger charge is -2.19. The first-order valence-corrected chi connectivity index (χ1v) is 7.50. The zero-order valence-electron chi connectivity index (χ0n) is 12.4. The summed E-state index contributed by atoms with van der Waals surface area (Å²) in [5.41, 5.74) is 8.23. The van der Waals surface area contributed by atoms with E-state index in [-0.39, 0.29) is 0 Å². The lowest BCUT2D eigenvalue weighted by molar-refractivity contribution is 0.702. The molecule has 0 nitrogen and oxygen atoms in total. The van der Waals surface area contributed by atoms with Crippen LogP contribution in [0.25, 0.3) is 5.57 Å². The molecular formula is C20H22. The third-order valence-electron chi connectivity index (χ3n) is 4.45. The molecule has 1 aliphatic carbocycles. The summed E-state index contributed by atoms with van der Waals surface area (Å²) in [6.45, 7) is 8.74. The van der Waals surface area contributed by atoms with Crippen LogP contribution in [0, 0.1) is 13.8 Å². The van der Waals surface area contributed by atoms with Crippen molar-refractivity contribution < 1.29 is 0 Å². The number of hydrogen-bond acceptors (Lipinski definition) is 0. The van der Waals surface area contributed by atoms with Gasteiger partial charge in [-0.25, -0.2) is 0 Å². The van der Waals surface area contributed by atoms with Crippen molar-refractivity contribution in [2.75, 3.05) is 0 Å². The second-order valence-electron chi connectivity index (χ2n) is 6.04. The number of fused-ring (bicyclic) bond motifs is 1. The quantitative estimate of drug-likeness (QED) is 0.600. The highest BCUT2D eigenvalue weighted by Gasteiger charge is 2.21. The number of allylic oxidation sites excluding steroid dienone is 1. The maximum Gasteiger partial charge on any atom is 0.00896 e. The van der Waals surface area contributed by atoms with Crippen LogP contribution in [-0.2, 0) is 6.42 Å². The van der Waals surface area contributed by atoms with Crippen LogP contribution in [0.2, 0.25) is 0 Å². The molecule has 1 unspecified atom stereocenters. The highest BCUT2D eigenvalue weighted by atomic mass is 14.3. The largest absolute Gasteiger partial charge is 0.0946 e. The van der Waals surface area contributed by atoms with Gasteiger partial charge < -0.3 is 0 Å². The van der Waals surface area contributed by atoms with Crippen molar-refractivity contribution in [3.8, 4) is 0 Å².